The lowest BCUT2D eigenvalue weighted by Crippen LogP contribution is -2.31. The molecule has 6 nitrogen and oxygen atoms in total. The molecule has 0 aliphatic carbocycles. The van der Waals surface area contributed by atoms with Gasteiger partial charge in [0.05, 0.1) is 18.0 Å². The predicted molar refractivity (Wildman–Crippen MR) is 88.7 cm³/mol. The fourth-order valence-electron chi connectivity index (χ4n) is 1.98. The van der Waals surface area contributed by atoms with E-state index in [0.29, 0.717) is 6.61 Å². The second kappa shape index (κ2) is 8.38. The minimum absolute atomic E-state index is 0.112. The van der Waals surface area contributed by atoms with E-state index in [9.17, 15) is 9.59 Å². The van der Waals surface area contributed by atoms with Crippen LogP contribution in [0.25, 0.3) is 5.69 Å². The van der Waals surface area contributed by atoms with Gasteiger partial charge in [-0.2, -0.15) is 0 Å². The molecule has 23 heavy (non-hydrogen) atoms. The smallest absolute Gasteiger partial charge is 0.325 e. The van der Waals surface area contributed by atoms with E-state index < -0.39 is 5.97 Å². The molecule has 0 saturated heterocycles. The van der Waals surface area contributed by atoms with Gasteiger partial charge in [-0.1, -0.05) is 30.0 Å². The van der Waals surface area contributed by atoms with Crippen molar-refractivity contribution in [3.05, 3.63) is 42.2 Å². The van der Waals surface area contributed by atoms with Crippen molar-refractivity contribution in [2.45, 2.75) is 19.0 Å². The Morgan fingerprint density at radius 1 is 1.35 bits per heavy atom. The molecule has 2 rings (SSSR count). The number of esters is 1. The number of aryl methyl sites for hydroxylation is 1. The van der Waals surface area contributed by atoms with Crippen LogP contribution in [0.5, 0.6) is 0 Å². The molecule has 122 valence electrons. The Balaban J connectivity index is 1.92. The van der Waals surface area contributed by atoms with Gasteiger partial charge in [0.1, 0.15) is 6.54 Å². The summed E-state index contributed by atoms with van der Waals surface area (Å²) >= 11 is 1.32. The van der Waals surface area contributed by atoms with Gasteiger partial charge in [-0.25, -0.2) is 4.98 Å². The molecule has 1 N–H and O–H groups in total. The zero-order valence-corrected chi connectivity index (χ0v) is 13.9. The minimum Gasteiger partial charge on any atom is -0.465 e. The summed E-state index contributed by atoms with van der Waals surface area (Å²) in [4.78, 5) is 27.3. The van der Waals surface area contributed by atoms with Gasteiger partial charge in [0.2, 0.25) is 5.91 Å². The van der Waals surface area contributed by atoms with Crippen LogP contribution in [-0.4, -0.2) is 40.3 Å². The Bertz CT molecular complexity index is 685. The van der Waals surface area contributed by atoms with Crippen LogP contribution in [0, 0.1) is 6.92 Å². The molecule has 0 aliphatic heterocycles. The molecule has 0 fully saturated rings. The van der Waals surface area contributed by atoms with Gasteiger partial charge < -0.3 is 10.1 Å². The fourth-order valence-corrected chi connectivity index (χ4v) is 2.77. The molecule has 2 aromatic rings. The van der Waals surface area contributed by atoms with Crippen LogP contribution < -0.4 is 5.32 Å². The quantitative estimate of drug-likeness (QED) is 0.619. The highest BCUT2D eigenvalue weighted by Gasteiger charge is 2.11. The Labute approximate surface area is 139 Å². The third kappa shape index (κ3) is 4.85. The highest BCUT2D eigenvalue weighted by atomic mass is 32.2. The standard InChI is InChI=1S/C16H19N3O3S/c1-3-22-15(21)10-18-14(20)11-23-16-17-8-9-19(16)13-7-5-4-6-12(13)2/h4-9H,3,10-11H2,1-2H3,(H,18,20). The number of carbonyl (C=O) groups excluding carboxylic acids is 2. The van der Waals surface area contributed by atoms with Crippen molar-refractivity contribution in [3.8, 4) is 5.69 Å². The number of thioether (sulfide) groups is 1. The number of nitrogens with zero attached hydrogens (tertiary/aromatic N) is 2. The summed E-state index contributed by atoms with van der Waals surface area (Å²) in [6, 6.07) is 7.96. The zero-order chi connectivity index (χ0) is 16.7. The molecule has 0 atom stereocenters. The van der Waals surface area contributed by atoms with Crippen LogP contribution in [0.1, 0.15) is 12.5 Å². The number of nitrogens with one attached hydrogen (secondary N) is 1. The average molecular weight is 333 g/mol. The van der Waals surface area contributed by atoms with E-state index in [-0.39, 0.29) is 18.2 Å². The maximum Gasteiger partial charge on any atom is 0.325 e. The number of hydrogen-bond donors (Lipinski definition) is 1. The first-order valence-electron chi connectivity index (χ1n) is 7.26. The summed E-state index contributed by atoms with van der Waals surface area (Å²) in [5.41, 5.74) is 2.15. The van der Waals surface area contributed by atoms with Gasteiger partial charge >= 0.3 is 5.97 Å². The number of rotatable bonds is 7. The zero-order valence-electron chi connectivity index (χ0n) is 13.1. The Hall–Kier alpha value is -2.28. The van der Waals surface area contributed by atoms with Crippen molar-refractivity contribution in [1.29, 1.82) is 0 Å². The van der Waals surface area contributed by atoms with Crippen molar-refractivity contribution in [2.24, 2.45) is 0 Å². The van der Waals surface area contributed by atoms with E-state index in [0.717, 1.165) is 16.4 Å². The second-order valence-corrected chi connectivity index (χ2v) is 5.68. The summed E-state index contributed by atoms with van der Waals surface area (Å²) in [6.45, 7) is 3.94. The number of ether oxygens (including phenoxy) is 1. The number of para-hydroxylation sites is 1. The summed E-state index contributed by atoms with van der Waals surface area (Å²) in [5, 5.41) is 3.26. The third-order valence-electron chi connectivity index (χ3n) is 3.05. The number of amides is 1. The van der Waals surface area contributed by atoms with E-state index in [1.165, 1.54) is 11.8 Å². The number of benzene rings is 1. The molecular formula is C16H19N3O3S. The lowest BCUT2D eigenvalue weighted by Gasteiger charge is -2.10. The van der Waals surface area contributed by atoms with Crippen LogP contribution in [0.15, 0.2) is 41.8 Å². The highest BCUT2D eigenvalue weighted by Crippen LogP contribution is 2.22. The molecule has 1 aromatic heterocycles. The van der Waals surface area contributed by atoms with Gasteiger partial charge in [-0.3, -0.25) is 14.2 Å². The average Bonchev–Trinajstić information content (AvgIpc) is 3.00. The molecule has 0 spiro atoms. The molecule has 0 unspecified atom stereocenters. The highest BCUT2D eigenvalue weighted by molar-refractivity contribution is 7.99. The minimum atomic E-state index is -0.438. The maximum atomic E-state index is 11.8. The fraction of sp³-hybridized carbons (Fsp3) is 0.312. The summed E-state index contributed by atoms with van der Waals surface area (Å²) < 4.78 is 6.70. The first-order valence-corrected chi connectivity index (χ1v) is 8.25. The van der Waals surface area contributed by atoms with Crippen LogP contribution in [0.3, 0.4) is 0 Å². The van der Waals surface area contributed by atoms with Crippen LogP contribution >= 0.6 is 11.8 Å². The van der Waals surface area contributed by atoms with Crippen molar-refractivity contribution in [1.82, 2.24) is 14.9 Å². The maximum absolute atomic E-state index is 11.8. The van der Waals surface area contributed by atoms with E-state index in [2.05, 4.69) is 10.3 Å². The lowest BCUT2D eigenvalue weighted by atomic mass is 10.2. The van der Waals surface area contributed by atoms with Gasteiger partial charge in [-0.05, 0) is 25.5 Å². The summed E-state index contributed by atoms with van der Waals surface area (Å²) in [6.07, 6.45) is 3.56. The number of aromatic nitrogens is 2. The van der Waals surface area contributed by atoms with E-state index in [1.807, 2.05) is 42.0 Å². The molecule has 1 amide bonds. The Kier molecular flexibility index (Phi) is 6.22. The van der Waals surface area contributed by atoms with Crippen molar-refractivity contribution in [2.75, 3.05) is 18.9 Å². The van der Waals surface area contributed by atoms with Crippen molar-refractivity contribution in [3.63, 3.8) is 0 Å². The molecule has 0 bridgehead atoms. The van der Waals surface area contributed by atoms with Crippen molar-refractivity contribution < 1.29 is 14.3 Å². The predicted octanol–water partition coefficient (Wildman–Crippen LogP) is 1.95. The largest absolute Gasteiger partial charge is 0.465 e. The number of imidazole rings is 1. The van der Waals surface area contributed by atoms with Gasteiger partial charge in [0.25, 0.3) is 0 Å². The Morgan fingerprint density at radius 2 is 2.13 bits per heavy atom. The lowest BCUT2D eigenvalue weighted by molar-refractivity contribution is -0.143. The molecule has 7 heteroatoms. The van der Waals surface area contributed by atoms with Crippen LogP contribution in [0.4, 0.5) is 0 Å². The van der Waals surface area contributed by atoms with Crippen LogP contribution in [-0.2, 0) is 14.3 Å². The van der Waals surface area contributed by atoms with E-state index >= 15 is 0 Å². The van der Waals surface area contributed by atoms with Gasteiger partial charge in [0, 0.05) is 12.4 Å². The van der Waals surface area contributed by atoms with E-state index in [1.54, 1.807) is 13.1 Å². The normalized spacial score (nSPS) is 10.3. The molecule has 0 aliphatic rings. The molecular weight excluding hydrogens is 314 g/mol. The summed E-state index contributed by atoms with van der Waals surface area (Å²) in [7, 11) is 0. The third-order valence-corrected chi connectivity index (χ3v) is 4.02. The molecule has 1 heterocycles. The first kappa shape index (κ1) is 17.1. The first-order chi connectivity index (χ1) is 11.1. The Morgan fingerprint density at radius 3 is 2.87 bits per heavy atom. The van der Waals surface area contributed by atoms with Crippen molar-refractivity contribution >= 4 is 23.6 Å². The number of carbonyl (C=O) groups is 2. The van der Waals surface area contributed by atoms with Gasteiger partial charge in [0.15, 0.2) is 5.16 Å². The summed E-state index contributed by atoms with van der Waals surface area (Å²) in [5.74, 6) is -0.489. The molecule has 1 aromatic carbocycles. The molecule has 0 radical (unpaired) electrons. The SMILES string of the molecule is CCOC(=O)CNC(=O)CSc1nccn1-c1ccccc1C. The van der Waals surface area contributed by atoms with Gasteiger partial charge in [-0.15, -0.1) is 0 Å². The molecule has 0 saturated carbocycles. The monoisotopic (exact) mass is 333 g/mol. The number of hydrogen-bond acceptors (Lipinski definition) is 5. The topological polar surface area (TPSA) is 73.2 Å². The second-order valence-electron chi connectivity index (χ2n) is 4.74. The van der Waals surface area contributed by atoms with Crippen LogP contribution in [0.2, 0.25) is 0 Å². The van der Waals surface area contributed by atoms with E-state index in [4.69, 9.17) is 4.74 Å².